The smallest absolute Gasteiger partial charge is 0.191 e. The molecule has 2 aromatic rings. The van der Waals surface area contributed by atoms with Gasteiger partial charge < -0.3 is 20.1 Å². The van der Waals surface area contributed by atoms with Crippen molar-refractivity contribution < 1.29 is 9.47 Å². The predicted molar refractivity (Wildman–Crippen MR) is 112 cm³/mol. The highest BCUT2D eigenvalue weighted by Crippen LogP contribution is 2.26. The van der Waals surface area contributed by atoms with Crippen molar-refractivity contribution in [1.82, 2.24) is 15.6 Å². The molecule has 1 aromatic carbocycles. The predicted octanol–water partition coefficient (Wildman–Crippen LogP) is 3.42. The number of ether oxygens (including phenoxy) is 2. The number of thiazole rings is 1. The average molecular weight is 391 g/mol. The lowest BCUT2D eigenvalue weighted by molar-refractivity contribution is 0.213. The quantitative estimate of drug-likeness (QED) is 0.370. The molecular weight excluding hydrogens is 360 g/mol. The van der Waals surface area contributed by atoms with Crippen LogP contribution in [0.25, 0.3) is 0 Å². The molecule has 6 nitrogen and oxygen atoms in total. The number of hydrogen-bond donors (Lipinski definition) is 2. The van der Waals surface area contributed by atoms with E-state index in [4.69, 9.17) is 9.47 Å². The van der Waals surface area contributed by atoms with Gasteiger partial charge in [-0.25, -0.2) is 4.98 Å². The maximum Gasteiger partial charge on any atom is 0.191 e. The number of hydrogen-bond acceptors (Lipinski definition) is 5. The fourth-order valence-electron chi connectivity index (χ4n) is 2.56. The number of unbranched alkanes of at least 4 members (excludes halogenated alkanes) is 1. The van der Waals surface area contributed by atoms with Gasteiger partial charge in [0, 0.05) is 24.7 Å². The van der Waals surface area contributed by atoms with E-state index in [2.05, 4.69) is 26.0 Å². The Hall–Kier alpha value is -2.28. The van der Waals surface area contributed by atoms with Crippen molar-refractivity contribution in [2.75, 3.05) is 27.2 Å². The molecule has 0 saturated heterocycles. The molecule has 1 heterocycles. The first kappa shape index (κ1) is 21.0. The normalized spacial score (nSPS) is 12.5. The fourth-order valence-corrected chi connectivity index (χ4v) is 3.38. The van der Waals surface area contributed by atoms with Gasteiger partial charge in [0.2, 0.25) is 0 Å². The summed E-state index contributed by atoms with van der Waals surface area (Å²) in [7, 11) is 3.42. The van der Waals surface area contributed by atoms with Crippen LogP contribution in [0.15, 0.2) is 34.6 Å². The summed E-state index contributed by atoms with van der Waals surface area (Å²) in [6.07, 6.45) is 3.21. The second-order valence-electron chi connectivity index (χ2n) is 6.30. The summed E-state index contributed by atoms with van der Waals surface area (Å²) in [6.45, 7) is 5.58. The Balaban J connectivity index is 1.64. The van der Waals surface area contributed by atoms with Crippen LogP contribution in [-0.4, -0.2) is 44.3 Å². The fraction of sp³-hybridized carbons (Fsp3) is 0.500. The molecule has 27 heavy (non-hydrogen) atoms. The van der Waals surface area contributed by atoms with E-state index >= 15 is 0 Å². The number of nitrogens with zero attached hydrogens (tertiary/aromatic N) is 2. The standard InChI is InChI=1S/C20H30N4O2S/c1-15-14-27-19(24-15)11-7-8-12-22-20(21-3)23-13-16(2)26-18-10-6-5-9-17(18)25-4/h5-6,9-10,14,16H,7-8,11-13H2,1-4H3,(H2,21,22,23). The molecule has 1 atom stereocenters. The average Bonchev–Trinajstić information content (AvgIpc) is 3.09. The van der Waals surface area contributed by atoms with Crippen molar-refractivity contribution in [3.05, 3.63) is 40.3 Å². The summed E-state index contributed by atoms with van der Waals surface area (Å²) >= 11 is 1.74. The summed E-state index contributed by atoms with van der Waals surface area (Å²) in [6, 6.07) is 7.66. The molecular formula is C20H30N4O2S. The lowest BCUT2D eigenvalue weighted by Crippen LogP contribution is -2.42. The van der Waals surface area contributed by atoms with E-state index in [9.17, 15) is 0 Å². The van der Waals surface area contributed by atoms with Crippen LogP contribution in [0.1, 0.15) is 30.5 Å². The Morgan fingerprint density at radius 2 is 2.00 bits per heavy atom. The van der Waals surface area contributed by atoms with E-state index < -0.39 is 0 Å². The number of aromatic nitrogens is 1. The zero-order valence-corrected chi connectivity index (χ0v) is 17.4. The largest absolute Gasteiger partial charge is 0.493 e. The van der Waals surface area contributed by atoms with Gasteiger partial charge in [-0.15, -0.1) is 11.3 Å². The lowest BCUT2D eigenvalue weighted by atomic mass is 10.2. The van der Waals surface area contributed by atoms with Crippen LogP contribution < -0.4 is 20.1 Å². The van der Waals surface area contributed by atoms with Gasteiger partial charge in [-0.2, -0.15) is 0 Å². The molecule has 1 aromatic heterocycles. The summed E-state index contributed by atoms with van der Waals surface area (Å²) < 4.78 is 11.3. The molecule has 148 valence electrons. The molecule has 0 spiro atoms. The highest BCUT2D eigenvalue weighted by atomic mass is 32.1. The summed E-state index contributed by atoms with van der Waals surface area (Å²) in [5, 5.41) is 9.97. The van der Waals surface area contributed by atoms with Crippen molar-refractivity contribution in [2.45, 2.75) is 39.2 Å². The maximum atomic E-state index is 5.95. The number of benzene rings is 1. The number of nitrogens with one attached hydrogen (secondary N) is 2. The van der Waals surface area contributed by atoms with Gasteiger partial charge in [-0.05, 0) is 45.2 Å². The van der Waals surface area contributed by atoms with Crippen LogP contribution in [0, 0.1) is 6.92 Å². The molecule has 0 aliphatic rings. The van der Waals surface area contributed by atoms with Crippen LogP contribution in [0.3, 0.4) is 0 Å². The Morgan fingerprint density at radius 3 is 2.67 bits per heavy atom. The molecule has 0 aliphatic heterocycles. The van der Waals surface area contributed by atoms with Gasteiger partial charge in [0.15, 0.2) is 17.5 Å². The van der Waals surface area contributed by atoms with E-state index in [0.717, 1.165) is 49.0 Å². The monoisotopic (exact) mass is 390 g/mol. The second-order valence-corrected chi connectivity index (χ2v) is 7.24. The summed E-state index contributed by atoms with van der Waals surface area (Å²) in [5.74, 6) is 2.27. The van der Waals surface area contributed by atoms with Crippen LogP contribution in [0.2, 0.25) is 0 Å². The molecule has 7 heteroatoms. The van der Waals surface area contributed by atoms with Gasteiger partial charge in [0.25, 0.3) is 0 Å². The maximum absolute atomic E-state index is 5.95. The number of rotatable bonds is 10. The first-order valence-electron chi connectivity index (χ1n) is 9.27. The minimum atomic E-state index is -0.0204. The topological polar surface area (TPSA) is 67.8 Å². The van der Waals surface area contributed by atoms with Crippen molar-refractivity contribution in [1.29, 1.82) is 0 Å². The van der Waals surface area contributed by atoms with Gasteiger partial charge >= 0.3 is 0 Å². The molecule has 2 N–H and O–H groups in total. The number of guanidine groups is 1. The van der Waals surface area contributed by atoms with Gasteiger partial charge in [-0.3, -0.25) is 4.99 Å². The highest BCUT2D eigenvalue weighted by molar-refractivity contribution is 7.09. The Bertz CT molecular complexity index is 718. The first-order chi connectivity index (χ1) is 13.1. The van der Waals surface area contributed by atoms with E-state index in [1.165, 1.54) is 5.01 Å². The third-order valence-electron chi connectivity index (χ3n) is 3.95. The zero-order chi connectivity index (χ0) is 19.5. The third-order valence-corrected chi connectivity index (χ3v) is 4.98. The van der Waals surface area contributed by atoms with E-state index in [0.29, 0.717) is 6.54 Å². The van der Waals surface area contributed by atoms with Crippen LogP contribution >= 0.6 is 11.3 Å². The van der Waals surface area contributed by atoms with Crippen molar-refractivity contribution >= 4 is 17.3 Å². The third kappa shape index (κ3) is 7.46. The van der Waals surface area contributed by atoms with Crippen LogP contribution in [0.5, 0.6) is 11.5 Å². The SMILES string of the molecule is CN=C(NCCCCc1nc(C)cs1)NCC(C)Oc1ccccc1OC. The van der Waals surface area contributed by atoms with Gasteiger partial charge in [0.05, 0.1) is 18.7 Å². The van der Waals surface area contributed by atoms with Gasteiger partial charge in [-0.1, -0.05) is 12.1 Å². The van der Waals surface area contributed by atoms with Crippen molar-refractivity contribution in [2.24, 2.45) is 4.99 Å². The first-order valence-corrected chi connectivity index (χ1v) is 10.2. The Kier molecular flexibility index (Phi) is 8.91. The van der Waals surface area contributed by atoms with Crippen LogP contribution in [0.4, 0.5) is 0 Å². The van der Waals surface area contributed by atoms with E-state index in [1.807, 2.05) is 38.1 Å². The number of aryl methyl sites for hydroxylation is 2. The zero-order valence-electron chi connectivity index (χ0n) is 16.6. The Morgan fingerprint density at radius 1 is 1.22 bits per heavy atom. The number of para-hydroxylation sites is 2. The van der Waals surface area contributed by atoms with Gasteiger partial charge in [0.1, 0.15) is 6.10 Å². The minimum absolute atomic E-state index is 0.0204. The lowest BCUT2D eigenvalue weighted by Gasteiger charge is -2.19. The highest BCUT2D eigenvalue weighted by Gasteiger charge is 2.09. The Labute approximate surface area is 166 Å². The molecule has 0 fully saturated rings. The molecule has 2 rings (SSSR count). The number of aliphatic imine (C=N–C) groups is 1. The summed E-state index contributed by atoms with van der Waals surface area (Å²) in [4.78, 5) is 8.76. The summed E-state index contributed by atoms with van der Waals surface area (Å²) in [5.41, 5.74) is 1.11. The molecule has 0 aliphatic carbocycles. The molecule has 0 saturated carbocycles. The molecule has 0 amide bonds. The molecule has 0 bridgehead atoms. The van der Waals surface area contributed by atoms with E-state index in [-0.39, 0.29) is 6.10 Å². The number of methoxy groups -OCH3 is 1. The molecule has 1 unspecified atom stereocenters. The molecule has 0 radical (unpaired) electrons. The second kappa shape index (κ2) is 11.4. The van der Waals surface area contributed by atoms with Crippen LogP contribution in [-0.2, 0) is 6.42 Å². The van der Waals surface area contributed by atoms with Crippen molar-refractivity contribution in [3.8, 4) is 11.5 Å². The van der Waals surface area contributed by atoms with Crippen molar-refractivity contribution in [3.63, 3.8) is 0 Å². The minimum Gasteiger partial charge on any atom is -0.493 e. The van der Waals surface area contributed by atoms with E-state index in [1.54, 1.807) is 25.5 Å².